The molecule has 2 rings (SSSR count). The molecule has 1 nitrogen and oxygen atoms in total. The summed E-state index contributed by atoms with van der Waals surface area (Å²) in [6.45, 7) is 4.54. The van der Waals surface area contributed by atoms with Crippen LogP contribution in [0.4, 0.5) is 0 Å². The SMILES string of the molecule is CC(NC1CCCCCC1C)c1cc(Cl)sc1Cl. The predicted molar refractivity (Wildman–Crippen MR) is 81.9 cm³/mol. The van der Waals surface area contributed by atoms with E-state index in [-0.39, 0.29) is 6.04 Å². The Bertz CT molecular complexity index is 391. The third-order valence-electron chi connectivity index (χ3n) is 3.98. The second-order valence-electron chi connectivity index (χ2n) is 5.39. The number of thiophene rings is 1. The molecule has 1 fully saturated rings. The molecule has 3 unspecified atom stereocenters. The molecule has 18 heavy (non-hydrogen) atoms. The number of rotatable bonds is 3. The largest absolute Gasteiger partial charge is 0.307 e. The van der Waals surface area contributed by atoms with Crippen LogP contribution in [0.2, 0.25) is 8.67 Å². The van der Waals surface area contributed by atoms with Crippen LogP contribution in [0.3, 0.4) is 0 Å². The van der Waals surface area contributed by atoms with E-state index in [1.54, 1.807) is 0 Å². The molecule has 0 bridgehead atoms. The lowest BCUT2D eigenvalue weighted by Gasteiger charge is -2.26. The van der Waals surface area contributed by atoms with Gasteiger partial charge in [-0.15, -0.1) is 11.3 Å². The van der Waals surface area contributed by atoms with Gasteiger partial charge in [-0.05, 0) is 37.3 Å². The van der Waals surface area contributed by atoms with Crippen molar-refractivity contribution in [3.8, 4) is 0 Å². The van der Waals surface area contributed by atoms with Crippen molar-refractivity contribution >= 4 is 34.5 Å². The molecule has 0 radical (unpaired) electrons. The normalized spacial score (nSPS) is 26.9. The van der Waals surface area contributed by atoms with Crippen molar-refractivity contribution in [3.63, 3.8) is 0 Å². The molecule has 102 valence electrons. The average molecular weight is 306 g/mol. The highest BCUT2D eigenvalue weighted by atomic mass is 35.5. The van der Waals surface area contributed by atoms with Crippen molar-refractivity contribution in [1.82, 2.24) is 5.32 Å². The predicted octanol–water partition coefficient (Wildman–Crippen LogP) is 5.67. The quantitative estimate of drug-likeness (QED) is 0.709. The van der Waals surface area contributed by atoms with E-state index in [0.717, 1.165) is 20.2 Å². The summed E-state index contributed by atoms with van der Waals surface area (Å²) in [6.07, 6.45) is 6.71. The number of halogens is 2. The maximum Gasteiger partial charge on any atom is 0.0991 e. The van der Waals surface area contributed by atoms with E-state index in [0.29, 0.717) is 6.04 Å². The van der Waals surface area contributed by atoms with Gasteiger partial charge in [-0.25, -0.2) is 0 Å². The van der Waals surface area contributed by atoms with Gasteiger partial charge in [0.05, 0.1) is 8.67 Å². The molecule has 1 aromatic heterocycles. The summed E-state index contributed by atoms with van der Waals surface area (Å²) in [7, 11) is 0. The van der Waals surface area contributed by atoms with Gasteiger partial charge in [0, 0.05) is 12.1 Å². The summed E-state index contributed by atoms with van der Waals surface area (Å²) >= 11 is 13.7. The van der Waals surface area contributed by atoms with Crippen LogP contribution in [0, 0.1) is 5.92 Å². The molecule has 1 aromatic rings. The topological polar surface area (TPSA) is 12.0 Å². The lowest BCUT2D eigenvalue weighted by atomic mass is 9.95. The van der Waals surface area contributed by atoms with E-state index in [1.807, 2.05) is 6.07 Å². The molecule has 4 heteroatoms. The van der Waals surface area contributed by atoms with Crippen LogP contribution in [0.25, 0.3) is 0 Å². The van der Waals surface area contributed by atoms with Crippen molar-refractivity contribution in [2.75, 3.05) is 0 Å². The molecule has 0 saturated heterocycles. The van der Waals surface area contributed by atoms with Gasteiger partial charge in [-0.3, -0.25) is 0 Å². The number of nitrogens with one attached hydrogen (secondary N) is 1. The summed E-state index contributed by atoms with van der Waals surface area (Å²) in [6, 6.07) is 2.89. The molecular formula is C14H21Cl2NS. The Labute approximate surface area is 124 Å². The minimum Gasteiger partial charge on any atom is -0.307 e. The van der Waals surface area contributed by atoms with Crippen molar-refractivity contribution < 1.29 is 0 Å². The van der Waals surface area contributed by atoms with Crippen LogP contribution in [-0.2, 0) is 0 Å². The number of hydrogen-bond acceptors (Lipinski definition) is 2. The first-order valence-corrected chi connectivity index (χ1v) is 8.36. The van der Waals surface area contributed by atoms with E-state index in [1.165, 1.54) is 43.4 Å². The van der Waals surface area contributed by atoms with Crippen LogP contribution in [0.15, 0.2) is 6.07 Å². The van der Waals surface area contributed by atoms with Gasteiger partial charge in [0.25, 0.3) is 0 Å². The first-order valence-electron chi connectivity index (χ1n) is 6.78. The molecule has 0 aliphatic heterocycles. The van der Waals surface area contributed by atoms with Crippen molar-refractivity contribution in [3.05, 3.63) is 20.3 Å². The average Bonchev–Trinajstić information content (AvgIpc) is 2.52. The molecule has 1 N–H and O–H groups in total. The Morgan fingerprint density at radius 2 is 2.00 bits per heavy atom. The maximum atomic E-state index is 6.22. The summed E-state index contributed by atoms with van der Waals surface area (Å²) in [4.78, 5) is 0. The smallest absolute Gasteiger partial charge is 0.0991 e. The lowest BCUT2D eigenvalue weighted by molar-refractivity contribution is 0.330. The molecule has 0 amide bonds. The van der Waals surface area contributed by atoms with Gasteiger partial charge in [0.1, 0.15) is 0 Å². The second kappa shape index (κ2) is 6.60. The molecule has 1 heterocycles. The Kier molecular flexibility index (Phi) is 5.37. The Morgan fingerprint density at radius 3 is 2.67 bits per heavy atom. The minimum atomic E-state index is 0.284. The van der Waals surface area contributed by atoms with Gasteiger partial charge in [-0.2, -0.15) is 0 Å². The Balaban J connectivity index is 2.01. The van der Waals surface area contributed by atoms with Crippen LogP contribution < -0.4 is 5.32 Å². The van der Waals surface area contributed by atoms with E-state index in [9.17, 15) is 0 Å². The summed E-state index contributed by atoms with van der Waals surface area (Å²) in [5.41, 5.74) is 1.14. The van der Waals surface area contributed by atoms with Crippen molar-refractivity contribution in [1.29, 1.82) is 0 Å². The van der Waals surface area contributed by atoms with Gasteiger partial charge in [0.2, 0.25) is 0 Å². The standard InChI is InChI=1S/C14H21Cl2NS/c1-9-6-4-3-5-7-12(9)17-10(2)11-8-13(15)18-14(11)16/h8-10,12,17H,3-7H2,1-2H3. The molecule has 3 atom stereocenters. The Morgan fingerprint density at radius 1 is 1.28 bits per heavy atom. The fraction of sp³-hybridized carbons (Fsp3) is 0.714. The summed E-state index contributed by atoms with van der Waals surface area (Å²) in [5, 5.41) is 3.74. The van der Waals surface area contributed by atoms with Crippen LogP contribution >= 0.6 is 34.5 Å². The molecule has 1 saturated carbocycles. The number of hydrogen-bond donors (Lipinski definition) is 1. The molecule has 0 aromatic carbocycles. The highest BCUT2D eigenvalue weighted by Gasteiger charge is 2.23. The zero-order chi connectivity index (χ0) is 13.1. The lowest BCUT2D eigenvalue weighted by Crippen LogP contribution is -2.36. The third-order valence-corrected chi connectivity index (χ3v) is 5.49. The molecule has 0 spiro atoms. The summed E-state index contributed by atoms with van der Waals surface area (Å²) < 4.78 is 1.60. The summed E-state index contributed by atoms with van der Waals surface area (Å²) in [5.74, 6) is 0.753. The molecule has 1 aliphatic carbocycles. The van der Waals surface area contributed by atoms with Gasteiger partial charge in [-0.1, -0.05) is 49.4 Å². The fourth-order valence-corrected chi connectivity index (χ4v) is 4.45. The van der Waals surface area contributed by atoms with Crippen LogP contribution in [0.1, 0.15) is 57.6 Å². The van der Waals surface area contributed by atoms with E-state index in [2.05, 4.69) is 19.2 Å². The first-order chi connectivity index (χ1) is 8.58. The van der Waals surface area contributed by atoms with Gasteiger partial charge in [0.15, 0.2) is 0 Å². The first kappa shape index (κ1) is 14.6. The molecule has 1 aliphatic rings. The van der Waals surface area contributed by atoms with Crippen LogP contribution in [0.5, 0.6) is 0 Å². The van der Waals surface area contributed by atoms with Gasteiger partial charge < -0.3 is 5.32 Å². The zero-order valence-corrected chi connectivity index (χ0v) is 13.3. The van der Waals surface area contributed by atoms with E-state index < -0.39 is 0 Å². The Hall–Kier alpha value is 0.240. The van der Waals surface area contributed by atoms with Crippen molar-refractivity contribution in [2.45, 2.75) is 58.0 Å². The van der Waals surface area contributed by atoms with Crippen LogP contribution in [-0.4, -0.2) is 6.04 Å². The molecular weight excluding hydrogens is 285 g/mol. The maximum absolute atomic E-state index is 6.22. The van der Waals surface area contributed by atoms with Crippen molar-refractivity contribution in [2.24, 2.45) is 5.92 Å². The fourth-order valence-electron chi connectivity index (χ4n) is 2.80. The van der Waals surface area contributed by atoms with Gasteiger partial charge >= 0.3 is 0 Å². The zero-order valence-electron chi connectivity index (χ0n) is 11.0. The van der Waals surface area contributed by atoms with E-state index >= 15 is 0 Å². The monoisotopic (exact) mass is 305 g/mol. The van der Waals surface area contributed by atoms with E-state index in [4.69, 9.17) is 23.2 Å². The highest BCUT2D eigenvalue weighted by molar-refractivity contribution is 7.20. The third kappa shape index (κ3) is 3.63. The highest BCUT2D eigenvalue weighted by Crippen LogP contribution is 2.35. The minimum absolute atomic E-state index is 0.284. The second-order valence-corrected chi connectivity index (χ2v) is 7.68.